The lowest BCUT2D eigenvalue weighted by molar-refractivity contribution is 0.673. The number of H-pyrrole nitrogens is 1. The van der Waals surface area contributed by atoms with E-state index in [1.165, 1.54) is 31.2 Å². The average Bonchev–Trinajstić information content (AvgIpc) is 2.86. The summed E-state index contributed by atoms with van der Waals surface area (Å²) in [5, 5.41) is 3.27. The Morgan fingerprint density at radius 2 is 2.00 bits per heavy atom. The molecule has 1 fully saturated rings. The minimum atomic E-state index is -0.181. The van der Waals surface area contributed by atoms with Gasteiger partial charge in [0.1, 0.15) is 0 Å². The monoisotopic (exact) mass is 205 g/mol. The topological polar surface area (TPSA) is 57.8 Å². The zero-order chi connectivity index (χ0) is 10.3. The molecule has 2 heterocycles. The molecular weight excluding hydrogens is 190 g/mol. The summed E-state index contributed by atoms with van der Waals surface area (Å²) in [7, 11) is 0. The standard InChI is InChI=1S/C11H15N3O/c15-11-13-9-6-12-5-8(9)10(14-11)7-3-1-2-4-7/h7,12H,1-6H2,(H,13,14,15). The molecule has 0 bridgehead atoms. The van der Waals surface area contributed by atoms with Crippen molar-refractivity contribution in [2.75, 3.05) is 0 Å². The van der Waals surface area contributed by atoms with E-state index in [2.05, 4.69) is 15.3 Å². The smallest absolute Gasteiger partial charge is 0.308 e. The van der Waals surface area contributed by atoms with Crippen LogP contribution in [-0.2, 0) is 13.1 Å². The van der Waals surface area contributed by atoms with E-state index < -0.39 is 0 Å². The van der Waals surface area contributed by atoms with Gasteiger partial charge < -0.3 is 10.3 Å². The van der Waals surface area contributed by atoms with E-state index in [0.29, 0.717) is 5.92 Å². The molecule has 2 N–H and O–H groups in total. The number of hydrogen-bond donors (Lipinski definition) is 2. The van der Waals surface area contributed by atoms with Crippen molar-refractivity contribution in [3.63, 3.8) is 0 Å². The molecule has 0 atom stereocenters. The highest BCUT2D eigenvalue weighted by atomic mass is 16.1. The fraction of sp³-hybridized carbons (Fsp3) is 0.636. The van der Waals surface area contributed by atoms with E-state index in [1.54, 1.807) is 0 Å². The molecule has 0 saturated heterocycles. The molecule has 80 valence electrons. The number of aromatic nitrogens is 2. The highest BCUT2D eigenvalue weighted by Crippen LogP contribution is 2.35. The van der Waals surface area contributed by atoms with Crippen LogP contribution in [0.3, 0.4) is 0 Å². The minimum absolute atomic E-state index is 0.181. The predicted octanol–water partition coefficient (Wildman–Crippen LogP) is 1.03. The van der Waals surface area contributed by atoms with Crippen LogP contribution in [0.1, 0.15) is 48.6 Å². The molecule has 4 heteroatoms. The van der Waals surface area contributed by atoms with E-state index in [4.69, 9.17) is 0 Å². The van der Waals surface area contributed by atoms with Crippen LogP contribution in [-0.4, -0.2) is 9.97 Å². The van der Waals surface area contributed by atoms with E-state index in [9.17, 15) is 4.79 Å². The Bertz CT molecular complexity index is 432. The summed E-state index contributed by atoms with van der Waals surface area (Å²) in [6, 6.07) is 0. The van der Waals surface area contributed by atoms with Crippen LogP contribution in [0.2, 0.25) is 0 Å². The molecule has 4 nitrogen and oxygen atoms in total. The Morgan fingerprint density at radius 1 is 1.20 bits per heavy atom. The van der Waals surface area contributed by atoms with Gasteiger partial charge in [0.25, 0.3) is 0 Å². The molecule has 0 amide bonds. The SMILES string of the molecule is O=c1nc(C2CCCC2)c2c([nH]1)CNC2. The lowest BCUT2D eigenvalue weighted by atomic mass is 9.99. The largest absolute Gasteiger partial charge is 0.345 e. The maximum Gasteiger partial charge on any atom is 0.345 e. The lowest BCUT2D eigenvalue weighted by Gasteiger charge is -2.11. The molecule has 0 unspecified atom stereocenters. The van der Waals surface area contributed by atoms with Crippen LogP contribution >= 0.6 is 0 Å². The first kappa shape index (κ1) is 9.09. The van der Waals surface area contributed by atoms with Crippen molar-refractivity contribution in [3.05, 3.63) is 27.4 Å². The Kier molecular flexibility index (Phi) is 2.09. The second kappa shape index (κ2) is 3.45. The van der Waals surface area contributed by atoms with Gasteiger partial charge in [-0.05, 0) is 12.8 Å². The Morgan fingerprint density at radius 3 is 2.80 bits per heavy atom. The molecule has 0 spiro atoms. The molecule has 3 rings (SSSR count). The minimum Gasteiger partial charge on any atom is -0.308 e. The second-order valence-corrected chi connectivity index (χ2v) is 4.47. The molecule has 1 aromatic heterocycles. The van der Waals surface area contributed by atoms with Crippen LogP contribution in [0.25, 0.3) is 0 Å². The summed E-state index contributed by atoms with van der Waals surface area (Å²) in [5.74, 6) is 0.529. The molecule has 1 aromatic rings. The highest BCUT2D eigenvalue weighted by Gasteiger charge is 2.25. The maximum atomic E-state index is 11.4. The number of nitrogens with one attached hydrogen (secondary N) is 2. The van der Waals surface area contributed by atoms with Gasteiger partial charge in [-0.3, -0.25) is 0 Å². The van der Waals surface area contributed by atoms with Crippen molar-refractivity contribution in [2.24, 2.45) is 0 Å². The highest BCUT2D eigenvalue weighted by molar-refractivity contribution is 5.30. The maximum absolute atomic E-state index is 11.4. The number of hydrogen-bond acceptors (Lipinski definition) is 3. The molecule has 15 heavy (non-hydrogen) atoms. The summed E-state index contributed by atoms with van der Waals surface area (Å²) in [6.07, 6.45) is 4.95. The normalized spacial score (nSPS) is 20.8. The van der Waals surface area contributed by atoms with Gasteiger partial charge in [0, 0.05) is 30.3 Å². The molecule has 1 aliphatic heterocycles. The molecular formula is C11H15N3O. The molecule has 0 aromatic carbocycles. The Hall–Kier alpha value is -1.16. The number of nitrogens with zero attached hydrogens (tertiary/aromatic N) is 1. The fourth-order valence-electron chi connectivity index (χ4n) is 2.76. The third-order valence-electron chi connectivity index (χ3n) is 3.50. The van der Waals surface area contributed by atoms with Gasteiger partial charge in [0.2, 0.25) is 0 Å². The van der Waals surface area contributed by atoms with Crippen molar-refractivity contribution in [2.45, 2.75) is 44.7 Å². The van der Waals surface area contributed by atoms with Crippen molar-refractivity contribution < 1.29 is 0 Å². The van der Waals surface area contributed by atoms with Crippen LogP contribution in [0, 0.1) is 0 Å². The van der Waals surface area contributed by atoms with E-state index in [0.717, 1.165) is 24.5 Å². The van der Waals surface area contributed by atoms with Crippen molar-refractivity contribution >= 4 is 0 Å². The first-order chi connectivity index (χ1) is 7.34. The van der Waals surface area contributed by atoms with Crippen LogP contribution < -0.4 is 11.0 Å². The predicted molar refractivity (Wildman–Crippen MR) is 56.6 cm³/mol. The van der Waals surface area contributed by atoms with Gasteiger partial charge >= 0.3 is 5.69 Å². The van der Waals surface area contributed by atoms with Crippen molar-refractivity contribution in [3.8, 4) is 0 Å². The Balaban J connectivity index is 2.09. The average molecular weight is 205 g/mol. The number of rotatable bonds is 1. The summed E-state index contributed by atoms with van der Waals surface area (Å²) < 4.78 is 0. The van der Waals surface area contributed by atoms with Crippen molar-refractivity contribution in [1.29, 1.82) is 0 Å². The lowest BCUT2D eigenvalue weighted by Crippen LogP contribution is -2.18. The van der Waals surface area contributed by atoms with Crippen LogP contribution in [0.5, 0.6) is 0 Å². The van der Waals surface area contributed by atoms with E-state index in [-0.39, 0.29) is 5.69 Å². The number of fused-ring (bicyclic) bond motifs is 1. The van der Waals surface area contributed by atoms with Gasteiger partial charge in [-0.2, -0.15) is 4.98 Å². The summed E-state index contributed by atoms with van der Waals surface area (Å²) in [4.78, 5) is 18.4. The zero-order valence-corrected chi connectivity index (χ0v) is 8.68. The van der Waals surface area contributed by atoms with E-state index >= 15 is 0 Å². The zero-order valence-electron chi connectivity index (χ0n) is 8.68. The molecule has 0 radical (unpaired) electrons. The summed E-state index contributed by atoms with van der Waals surface area (Å²) in [5.41, 5.74) is 3.19. The van der Waals surface area contributed by atoms with Crippen LogP contribution in [0.15, 0.2) is 4.79 Å². The van der Waals surface area contributed by atoms with Gasteiger partial charge in [-0.25, -0.2) is 4.79 Å². The molecule has 2 aliphatic rings. The quantitative estimate of drug-likeness (QED) is 0.720. The fourth-order valence-corrected chi connectivity index (χ4v) is 2.76. The summed E-state index contributed by atoms with van der Waals surface area (Å²) >= 11 is 0. The first-order valence-corrected chi connectivity index (χ1v) is 5.67. The van der Waals surface area contributed by atoms with Crippen molar-refractivity contribution in [1.82, 2.24) is 15.3 Å². The van der Waals surface area contributed by atoms with E-state index in [1.807, 2.05) is 0 Å². The third kappa shape index (κ3) is 1.49. The van der Waals surface area contributed by atoms with Crippen LogP contribution in [0.4, 0.5) is 0 Å². The van der Waals surface area contributed by atoms with Gasteiger partial charge in [-0.1, -0.05) is 12.8 Å². The van der Waals surface area contributed by atoms with Gasteiger partial charge in [0.05, 0.1) is 5.69 Å². The van der Waals surface area contributed by atoms with Gasteiger partial charge in [0.15, 0.2) is 0 Å². The van der Waals surface area contributed by atoms with Gasteiger partial charge in [-0.15, -0.1) is 0 Å². The second-order valence-electron chi connectivity index (χ2n) is 4.47. The summed E-state index contributed by atoms with van der Waals surface area (Å²) in [6.45, 7) is 1.65. The molecule has 1 saturated carbocycles. The Labute approximate surface area is 88.1 Å². The molecule has 1 aliphatic carbocycles. The number of aromatic amines is 1. The third-order valence-corrected chi connectivity index (χ3v) is 3.50. The first-order valence-electron chi connectivity index (χ1n) is 5.67.